The number of rotatable bonds is 72. The van der Waals surface area contributed by atoms with E-state index in [0.717, 1.165) is 109 Å². The van der Waals surface area contributed by atoms with Crippen molar-refractivity contribution < 1.29 is 80.2 Å². The molecular formula is C72H140O17P2. The third kappa shape index (κ3) is 66.5. The summed E-state index contributed by atoms with van der Waals surface area (Å²) >= 11 is 0. The van der Waals surface area contributed by atoms with E-state index in [0.29, 0.717) is 25.7 Å². The van der Waals surface area contributed by atoms with Crippen molar-refractivity contribution >= 4 is 39.5 Å². The van der Waals surface area contributed by atoms with Crippen molar-refractivity contribution in [3.05, 3.63) is 0 Å². The normalized spacial score (nSPS) is 14.0. The molecule has 0 aliphatic heterocycles. The van der Waals surface area contributed by atoms with Crippen molar-refractivity contribution in [3.63, 3.8) is 0 Å². The molecule has 0 aliphatic rings. The predicted molar refractivity (Wildman–Crippen MR) is 368 cm³/mol. The first-order valence-electron chi connectivity index (χ1n) is 37.6. The number of aliphatic hydroxyl groups excluding tert-OH is 1. The highest BCUT2D eigenvalue weighted by Gasteiger charge is 2.30. The van der Waals surface area contributed by atoms with Crippen molar-refractivity contribution in [1.82, 2.24) is 0 Å². The van der Waals surface area contributed by atoms with Gasteiger partial charge in [-0.3, -0.25) is 37.3 Å². The number of ether oxygens (including phenoxy) is 4. The molecule has 0 bridgehead atoms. The van der Waals surface area contributed by atoms with Gasteiger partial charge in [0.25, 0.3) is 0 Å². The van der Waals surface area contributed by atoms with Crippen molar-refractivity contribution in [2.75, 3.05) is 39.6 Å². The Balaban J connectivity index is 5.10. The lowest BCUT2D eigenvalue weighted by atomic mass is 10.0. The number of phosphoric ester groups is 2. The quantitative estimate of drug-likeness (QED) is 0.0222. The van der Waals surface area contributed by atoms with Gasteiger partial charge in [0.2, 0.25) is 0 Å². The minimum atomic E-state index is -4.95. The highest BCUT2D eigenvalue weighted by Crippen LogP contribution is 2.45. The Labute approximate surface area is 556 Å². The summed E-state index contributed by atoms with van der Waals surface area (Å²) in [6, 6.07) is 0. The lowest BCUT2D eigenvalue weighted by Gasteiger charge is -2.21. The first-order valence-corrected chi connectivity index (χ1v) is 40.6. The minimum absolute atomic E-state index is 0.104. The van der Waals surface area contributed by atoms with E-state index < -0.39 is 97.5 Å². The smallest absolute Gasteiger partial charge is 0.462 e. The van der Waals surface area contributed by atoms with Crippen LogP contribution in [0.2, 0.25) is 0 Å². The number of esters is 4. The van der Waals surface area contributed by atoms with Crippen LogP contribution in [0.15, 0.2) is 0 Å². The van der Waals surface area contributed by atoms with Gasteiger partial charge in [-0.15, -0.1) is 0 Å². The number of carbonyl (C=O) groups excluding carboxylic acids is 4. The molecule has 0 saturated carbocycles. The molecule has 2 unspecified atom stereocenters. The molecule has 0 rings (SSSR count). The molecule has 0 spiro atoms. The highest BCUT2D eigenvalue weighted by molar-refractivity contribution is 7.47. The van der Waals surface area contributed by atoms with Gasteiger partial charge in [0, 0.05) is 25.7 Å². The SMILES string of the molecule is CCCCCCCCCCCCCCCCCCCCCC(=O)OC[C@H](COP(=O)(O)OC[C@@H](O)COP(=O)(O)OC[C@@H](COC(=O)CCCCCCC)OC(=O)CCCCCCCCCC)OC(=O)CCCCCCCCCCCCCCCCCCC(C)C. The van der Waals surface area contributed by atoms with Crippen LogP contribution in [0.3, 0.4) is 0 Å². The molecule has 3 N–H and O–H groups in total. The van der Waals surface area contributed by atoms with Crippen molar-refractivity contribution in [2.45, 2.75) is 393 Å². The number of hydrogen-bond donors (Lipinski definition) is 3. The minimum Gasteiger partial charge on any atom is -0.462 e. The Bertz CT molecular complexity index is 1750. The second kappa shape index (κ2) is 65.4. The topological polar surface area (TPSA) is 237 Å². The molecule has 0 fully saturated rings. The summed E-state index contributed by atoms with van der Waals surface area (Å²) in [7, 11) is -9.89. The van der Waals surface area contributed by atoms with E-state index in [2.05, 4.69) is 34.6 Å². The molecule has 17 nitrogen and oxygen atoms in total. The average Bonchev–Trinajstić information content (AvgIpc) is 2.93. The lowest BCUT2D eigenvalue weighted by Crippen LogP contribution is -2.30. The van der Waals surface area contributed by atoms with E-state index in [1.165, 1.54) is 186 Å². The zero-order chi connectivity index (χ0) is 67.0. The molecule has 0 aliphatic carbocycles. The van der Waals surface area contributed by atoms with Gasteiger partial charge in [-0.2, -0.15) is 0 Å². The van der Waals surface area contributed by atoms with E-state index in [1.54, 1.807) is 0 Å². The Morgan fingerprint density at radius 1 is 0.297 bits per heavy atom. The Morgan fingerprint density at radius 3 is 0.747 bits per heavy atom. The molecule has 91 heavy (non-hydrogen) atoms. The van der Waals surface area contributed by atoms with Gasteiger partial charge in [-0.05, 0) is 31.6 Å². The summed E-state index contributed by atoms with van der Waals surface area (Å²) in [5.41, 5.74) is 0. The van der Waals surface area contributed by atoms with E-state index >= 15 is 0 Å². The molecule has 5 atom stereocenters. The zero-order valence-corrected chi connectivity index (χ0v) is 60.8. The summed E-state index contributed by atoms with van der Waals surface area (Å²) < 4.78 is 68.0. The fourth-order valence-electron chi connectivity index (χ4n) is 11.0. The van der Waals surface area contributed by atoms with Crippen molar-refractivity contribution in [2.24, 2.45) is 5.92 Å². The van der Waals surface area contributed by atoms with Crippen LogP contribution in [0.4, 0.5) is 0 Å². The first kappa shape index (κ1) is 89.1. The van der Waals surface area contributed by atoms with Crippen LogP contribution in [0.25, 0.3) is 0 Å². The number of carbonyl (C=O) groups is 4. The average molecular weight is 1340 g/mol. The third-order valence-electron chi connectivity index (χ3n) is 16.8. The number of hydrogen-bond acceptors (Lipinski definition) is 15. The first-order chi connectivity index (χ1) is 44.0. The van der Waals surface area contributed by atoms with Gasteiger partial charge in [0.15, 0.2) is 12.2 Å². The molecular weight excluding hydrogens is 1200 g/mol. The number of unbranched alkanes of at least 4 members (excludes halogenated alkanes) is 44. The molecule has 0 radical (unpaired) electrons. The fraction of sp³-hybridized carbons (Fsp3) is 0.944. The van der Waals surface area contributed by atoms with Gasteiger partial charge < -0.3 is 33.8 Å². The molecule has 19 heteroatoms. The summed E-state index contributed by atoms with van der Waals surface area (Å²) in [5, 5.41) is 10.5. The molecule has 540 valence electrons. The predicted octanol–water partition coefficient (Wildman–Crippen LogP) is 20.9. The van der Waals surface area contributed by atoms with Crippen LogP contribution in [0, 0.1) is 5.92 Å². The molecule has 0 saturated heterocycles. The second-order valence-corrected chi connectivity index (χ2v) is 29.4. The fourth-order valence-corrected chi connectivity index (χ4v) is 12.6. The number of phosphoric acid groups is 2. The van der Waals surface area contributed by atoms with E-state index in [9.17, 15) is 43.2 Å². The van der Waals surface area contributed by atoms with Crippen LogP contribution in [0.1, 0.15) is 375 Å². The van der Waals surface area contributed by atoms with E-state index in [1.807, 2.05) is 0 Å². The Kier molecular flexibility index (Phi) is 64.0. The number of aliphatic hydroxyl groups is 1. The van der Waals surface area contributed by atoms with E-state index in [4.69, 9.17) is 37.0 Å². The van der Waals surface area contributed by atoms with Crippen LogP contribution in [0.5, 0.6) is 0 Å². The monoisotopic (exact) mass is 1340 g/mol. The van der Waals surface area contributed by atoms with Gasteiger partial charge in [-0.25, -0.2) is 9.13 Å². The van der Waals surface area contributed by atoms with Crippen LogP contribution in [-0.4, -0.2) is 96.7 Å². The van der Waals surface area contributed by atoms with E-state index in [-0.39, 0.29) is 25.7 Å². The second-order valence-electron chi connectivity index (χ2n) is 26.5. The van der Waals surface area contributed by atoms with Crippen LogP contribution >= 0.6 is 15.6 Å². The van der Waals surface area contributed by atoms with Gasteiger partial charge in [0.05, 0.1) is 26.4 Å². The van der Waals surface area contributed by atoms with Crippen molar-refractivity contribution in [3.8, 4) is 0 Å². The van der Waals surface area contributed by atoms with Crippen LogP contribution < -0.4 is 0 Å². The summed E-state index contributed by atoms with van der Waals surface area (Å²) in [6.07, 6.45) is 53.4. The third-order valence-corrected chi connectivity index (χ3v) is 18.7. The maximum atomic E-state index is 13.1. The van der Waals surface area contributed by atoms with Crippen LogP contribution in [-0.2, 0) is 65.4 Å². The summed E-state index contributed by atoms with van der Waals surface area (Å²) in [6.45, 7) is 7.17. The zero-order valence-electron chi connectivity index (χ0n) is 59.0. The van der Waals surface area contributed by atoms with Gasteiger partial charge >= 0.3 is 39.5 Å². The summed E-state index contributed by atoms with van der Waals surface area (Å²) in [4.78, 5) is 72.2. The molecule has 0 aromatic carbocycles. The molecule has 0 amide bonds. The maximum Gasteiger partial charge on any atom is 0.472 e. The highest BCUT2D eigenvalue weighted by atomic mass is 31.2. The van der Waals surface area contributed by atoms with Crippen molar-refractivity contribution in [1.29, 1.82) is 0 Å². The van der Waals surface area contributed by atoms with Gasteiger partial charge in [0.1, 0.15) is 19.3 Å². The molecule has 0 aromatic rings. The summed E-state index contributed by atoms with van der Waals surface area (Å²) in [5.74, 6) is -1.33. The molecule has 0 aromatic heterocycles. The maximum absolute atomic E-state index is 13.1. The lowest BCUT2D eigenvalue weighted by molar-refractivity contribution is -0.161. The standard InChI is InChI=1S/C72H140O17P2/c1-6-9-12-15-17-19-20-21-22-23-24-25-29-32-35-38-42-46-51-56-70(75)83-62-68(89-72(77)58-53-48-43-39-36-33-30-27-26-28-31-34-37-40-45-49-54-65(4)5)64-87-91(80,81)85-60-66(73)59-84-90(78,79)86-63-67(61-82-69(74)55-50-44-14-11-8-3)88-71(76)57-52-47-41-18-16-13-10-7-2/h65-68,73H,6-64H2,1-5H3,(H,78,79)(H,80,81)/t66-,67+,68+/m0/s1. The molecule has 0 heterocycles. The largest absolute Gasteiger partial charge is 0.472 e. The Morgan fingerprint density at radius 2 is 0.505 bits per heavy atom. The Hall–Kier alpha value is -1.94. The van der Waals surface area contributed by atoms with Gasteiger partial charge in [-0.1, -0.05) is 324 Å².